The van der Waals surface area contributed by atoms with Crippen LogP contribution in [0.5, 0.6) is 0 Å². The molecule has 3 aromatic heterocycles. The van der Waals surface area contributed by atoms with E-state index in [4.69, 9.17) is 9.97 Å². The molecule has 4 N–H and O–H groups in total. The van der Waals surface area contributed by atoms with Crippen LogP contribution in [0, 0.1) is 5.95 Å². The lowest BCUT2D eigenvalue weighted by molar-refractivity contribution is -0.117. The Balaban J connectivity index is 1.27. The minimum Gasteiger partial charge on any atom is -0.391 e. The molecule has 176 valence electrons. The lowest BCUT2D eigenvalue weighted by atomic mass is 10.2. The van der Waals surface area contributed by atoms with Crippen molar-refractivity contribution in [3.05, 3.63) is 47.3 Å². The van der Waals surface area contributed by atoms with Gasteiger partial charge in [0, 0.05) is 36.2 Å². The van der Waals surface area contributed by atoms with E-state index in [-0.39, 0.29) is 18.9 Å². The molecular weight excluding hydrogens is 439 g/mol. The number of aromatic amines is 1. The van der Waals surface area contributed by atoms with Gasteiger partial charge < -0.3 is 20.6 Å². The second-order valence-corrected chi connectivity index (χ2v) is 9.18. The summed E-state index contributed by atoms with van der Waals surface area (Å²) in [7, 11) is 0. The van der Waals surface area contributed by atoms with Crippen LogP contribution in [-0.2, 0) is 17.6 Å². The largest absolute Gasteiger partial charge is 0.391 e. The molecule has 6 rings (SSSR count). The number of nitrogens with zero attached hydrogens (tertiary/aromatic N) is 5. The Morgan fingerprint density at radius 1 is 1.24 bits per heavy atom. The molecule has 11 heteroatoms. The van der Waals surface area contributed by atoms with Crippen LogP contribution in [0.3, 0.4) is 0 Å². The monoisotopic (exact) mass is 464 g/mol. The van der Waals surface area contributed by atoms with Crippen molar-refractivity contribution in [3.8, 4) is 0 Å². The van der Waals surface area contributed by atoms with Gasteiger partial charge in [-0.05, 0) is 44.2 Å². The number of aliphatic hydroxyl groups excluding tert-OH is 1. The zero-order valence-corrected chi connectivity index (χ0v) is 18.5. The number of amides is 1. The highest BCUT2D eigenvalue weighted by atomic mass is 19.1. The average Bonchev–Trinajstić information content (AvgIpc) is 3.20. The predicted octanol–water partition coefficient (Wildman–Crippen LogP) is 2.42. The molecule has 3 aliphatic rings. The van der Waals surface area contributed by atoms with Crippen LogP contribution < -0.4 is 15.5 Å². The minimum atomic E-state index is -0.692. The van der Waals surface area contributed by atoms with Crippen molar-refractivity contribution in [1.82, 2.24) is 25.1 Å². The number of hydrogen-bond acceptors (Lipinski definition) is 8. The number of anilines is 4. The number of pyridine rings is 1. The molecule has 1 amide bonds. The molecule has 0 aromatic carbocycles. The lowest BCUT2D eigenvalue weighted by Gasteiger charge is -2.25. The highest BCUT2D eigenvalue weighted by Gasteiger charge is 2.38. The number of hydrogen-bond donors (Lipinski definition) is 4. The molecular formula is C23H25FN8O2. The fraction of sp³-hybridized carbons (Fsp3) is 0.435. The van der Waals surface area contributed by atoms with E-state index in [1.54, 1.807) is 4.90 Å². The standard InChI is InChI=1S/C23H25FN8O2/c24-19-7-6-13(10-25-19)26-22(34)18-8-14(33)11-32(18)23-27-16-3-1-2-15(16)21(29-23)28-20-9-17(30-31-20)12-4-5-12/h6-7,9-10,12,14,18,33H,1-5,8,11H2,(H,26,34)(H2,27,28,29,30,31)/t14-,18+/m1/s1. The molecule has 0 spiro atoms. The van der Waals surface area contributed by atoms with Crippen molar-refractivity contribution in [2.75, 3.05) is 22.1 Å². The maximum atomic E-state index is 13.1. The summed E-state index contributed by atoms with van der Waals surface area (Å²) in [5.74, 6) is 1.41. The fourth-order valence-corrected chi connectivity index (χ4v) is 4.74. The van der Waals surface area contributed by atoms with E-state index >= 15 is 0 Å². The molecule has 0 bridgehead atoms. The molecule has 34 heavy (non-hydrogen) atoms. The Hall–Kier alpha value is -3.60. The van der Waals surface area contributed by atoms with Crippen molar-refractivity contribution in [2.45, 2.75) is 56.6 Å². The third kappa shape index (κ3) is 4.07. The topological polar surface area (TPSA) is 132 Å². The summed E-state index contributed by atoms with van der Waals surface area (Å²) in [5, 5.41) is 24.0. The smallest absolute Gasteiger partial charge is 0.247 e. The SMILES string of the molecule is O=C(Nc1ccc(F)nc1)[C@@H]1C[C@@H](O)CN1c1nc2c(c(Nc3cc(C4CC4)[nH]n3)n1)CCC2. The van der Waals surface area contributed by atoms with E-state index in [2.05, 4.69) is 25.8 Å². The number of halogens is 1. The summed E-state index contributed by atoms with van der Waals surface area (Å²) in [6.45, 7) is 0.242. The summed E-state index contributed by atoms with van der Waals surface area (Å²) in [4.78, 5) is 27.9. The van der Waals surface area contributed by atoms with Gasteiger partial charge in [0.25, 0.3) is 0 Å². The van der Waals surface area contributed by atoms with Gasteiger partial charge in [-0.15, -0.1) is 0 Å². The summed E-state index contributed by atoms with van der Waals surface area (Å²) in [5.41, 5.74) is 3.53. The van der Waals surface area contributed by atoms with Crippen LogP contribution in [0.15, 0.2) is 24.4 Å². The molecule has 4 heterocycles. The van der Waals surface area contributed by atoms with Crippen LogP contribution in [0.2, 0.25) is 0 Å². The second-order valence-electron chi connectivity index (χ2n) is 9.18. The Bertz CT molecular complexity index is 1230. The molecule has 1 saturated carbocycles. The zero-order chi connectivity index (χ0) is 23.2. The van der Waals surface area contributed by atoms with E-state index in [0.29, 0.717) is 29.2 Å². The van der Waals surface area contributed by atoms with E-state index in [1.165, 1.54) is 31.2 Å². The zero-order valence-electron chi connectivity index (χ0n) is 18.5. The Labute approximate surface area is 195 Å². The van der Waals surface area contributed by atoms with E-state index < -0.39 is 18.1 Å². The van der Waals surface area contributed by atoms with Crippen molar-refractivity contribution in [3.63, 3.8) is 0 Å². The molecule has 1 aliphatic heterocycles. The lowest BCUT2D eigenvalue weighted by Crippen LogP contribution is -2.40. The molecule has 2 aliphatic carbocycles. The number of nitrogens with one attached hydrogen (secondary N) is 3. The molecule has 10 nitrogen and oxygen atoms in total. The molecule has 1 saturated heterocycles. The van der Waals surface area contributed by atoms with Gasteiger partial charge in [0.15, 0.2) is 5.82 Å². The van der Waals surface area contributed by atoms with E-state index in [9.17, 15) is 14.3 Å². The van der Waals surface area contributed by atoms with Crippen LogP contribution >= 0.6 is 0 Å². The van der Waals surface area contributed by atoms with Gasteiger partial charge in [-0.1, -0.05) is 0 Å². The van der Waals surface area contributed by atoms with Gasteiger partial charge in [-0.2, -0.15) is 14.5 Å². The average molecular weight is 465 g/mol. The first-order valence-corrected chi connectivity index (χ1v) is 11.6. The summed E-state index contributed by atoms with van der Waals surface area (Å²) in [6.07, 6.45) is 5.88. The molecule has 2 fully saturated rings. The number of carbonyl (C=O) groups is 1. The van der Waals surface area contributed by atoms with Crippen LogP contribution in [0.1, 0.15) is 48.6 Å². The number of rotatable bonds is 6. The number of aliphatic hydroxyl groups is 1. The first-order valence-electron chi connectivity index (χ1n) is 11.6. The Morgan fingerprint density at radius 3 is 2.91 bits per heavy atom. The molecule has 2 atom stereocenters. The maximum Gasteiger partial charge on any atom is 0.247 e. The van der Waals surface area contributed by atoms with Crippen molar-refractivity contribution < 1.29 is 14.3 Å². The third-order valence-electron chi connectivity index (χ3n) is 6.62. The Kier molecular flexibility index (Phi) is 5.13. The van der Waals surface area contributed by atoms with E-state index in [0.717, 1.165) is 36.2 Å². The maximum absolute atomic E-state index is 13.1. The highest BCUT2D eigenvalue weighted by molar-refractivity contribution is 5.97. The number of β-amino-alcohol motifs (C(OH)–C–C–N with tert-alkyl or cyclic N) is 1. The summed E-state index contributed by atoms with van der Waals surface area (Å²) >= 11 is 0. The van der Waals surface area contributed by atoms with E-state index in [1.807, 2.05) is 6.07 Å². The molecule has 3 aromatic rings. The first-order chi connectivity index (χ1) is 16.5. The van der Waals surface area contributed by atoms with Gasteiger partial charge in [0.05, 0.1) is 23.7 Å². The number of fused-ring (bicyclic) bond motifs is 1. The third-order valence-corrected chi connectivity index (χ3v) is 6.62. The van der Waals surface area contributed by atoms with Crippen LogP contribution in [0.25, 0.3) is 0 Å². The van der Waals surface area contributed by atoms with Gasteiger partial charge in [0.1, 0.15) is 11.9 Å². The van der Waals surface area contributed by atoms with Crippen LogP contribution in [0.4, 0.5) is 27.7 Å². The number of aryl methyl sites for hydroxylation is 1. The van der Waals surface area contributed by atoms with Crippen LogP contribution in [-0.4, -0.2) is 54.9 Å². The minimum absolute atomic E-state index is 0.242. The molecule has 0 unspecified atom stereocenters. The normalized spacial score (nSPS) is 21.5. The summed E-state index contributed by atoms with van der Waals surface area (Å²) in [6, 6.07) is 3.98. The Morgan fingerprint density at radius 2 is 2.12 bits per heavy atom. The van der Waals surface area contributed by atoms with Gasteiger partial charge in [-0.25, -0.2) is 9.97 Å². The number of carbonyl (C=O) groups excluding carboxylic acids is 1. The number of H-pyrrole nitrogens is 1. The second kappa shape index (κ2) is 8.32. The van der Waals surface area contributed by atoms with Gasteiger partial charge >= 0.3 is 0 Å². The van der Waals surface area contributed by atoms with Crippen molar-refractivity contribution in [2.24, 2.45) is 0 Å². The van der Waals surface area contributed by atoms with Crippen molar-refractivity contribution >= 4 is 29.2 Å². The number of aromatic nitrogens is 5. The highest BCUT2D eigenvalue weighted by Crippen LogP contribution is 2.40. The van der Waals surface area contributed by atoms with Crippen molar-refractivity contribution in [1.29, 1.82) is 0 Å². The first kappa shape index (κ1) is 21.0. The predicted molar refractivity (Wildman–Crippen MR) is 122 cm³/mol. The van der Waals surface area contributed by atoms with Gasteiger partial charge in [0.2, 0.25) is 17.8 Å². The molecule has 0 radical (unpaired) electrons. The van der Waals surface area contributed by atoms with Gasteiger partial charge in [-0.3, -0.25) is 9.89 Å². The fourth-order valence-electron chi connectivity index (χ4n) is 4.74. The summed E-state index contributed by atoms with van der Waals surface area (Å²) < 4.78 is 13.1. The quantitative estimate of drug-likeness (QED) is 0.409.